The fourth-order valence-electron chi connectivity index (χ4n) is 2.97. The van der Waals surface area contributed by atoms with Crippen molar-refractivity contribution in [3.05, 3.63) is 83.8 Å². The van der Waals surface area contributed by atoms with Gasteiger partial charge in [0, 0.05) is 24.8 Å². The lowest BCUT2D eigenvalue weighted by Gasteiger charge is -2.18. The molecule has 1 amide bonds. The topological polar surface area (TPSA) is 107 Å². The lowest BCUT2D eigenvalue weighted by molar-refractivity contribution is 0.0999. The van der Waals surface area contributed by atoms with Crippen LogP contribution in [0.25, 0.3) is 0 Å². The van der Waals surface area contributed by atoms with Crippen LogP contribution in [0.3, 0.4) is 0 Å². The van der Waals surface area contributed by atoms with Gasteiger partial charge in [0.15, 0.2) is 11.6 Å². The number of aliphatic hydroxyl groups excluding tert-OH is 1. The van der Waals surface area contributed by atoms with E-state index in [9.17, 15) is 14.3 Å². The molecule has 0 aliphatic rings. The molecule has 0 aliphatic carbocycles. The molecule has 2 atom stereocenters. The summed E-state index contributed by atoms with van der Waals surface area (Å²) in [5.74, 6) is 0.118. The second kappa shape index (κ2) is 12.7. The summed E-state index contributed by atoms with van der Waals surface area (Å²) in [7, 11) is 0. The number of amides is 1. The van der Waals surface area contributed by atoms with Crippen molar-refractivity contribution in [2.24, 2.45) is 5.73 Å². The van der Waals surface area contributed by atoms with Crippen LogP contribution in [0.2, 0.25) is 0 Å². The highest BCUT2D eigenvalue weighted by molar-refractivity contribution is 5.92. The minimum atomic E-state index is -0.763. The zero-order chi connectivity index (χ0) is 22.9. The van der Waals surface area contributed by atoms with Crippen molar-refractivity contribution >= 4 is 18.3 Å². The summed E-state index contributed by atoms with van der Waals surface area (Å²) in [4.78, 5) is 15.1. The molecule has 4 N–H and O–H groups in total. The van der Waals surface area contributed by atoms with Crippen LogP contribution in [0.1, 0.15) is 22.8 Å². The van der Waals surface area contributed by atoms with Gasteiger partial charge in [-0.3, -0.25) is 4.79 Å². The molecule has 33 heavy (non-hydrogen) atoms. The van der Waals surface area contributed by atoms with E-state index in [2.05, 4.69) is 10.3 Å². The number of carbonyl (C=O) groups is 1. The quantitative estimate of drug-likeness (QED) is 0.392. The zero-order valence-corrected chi connectivity index (χ0v) is 18.9. The van der Waals surface area contributed by atoms with E-state index in [1.807, 2.05) is 31.2 Å². The van der Waals surface area contributed by atoms with Gasteiger partial charge in [-0.15, -0.1) is 12.4 Å². The molecule has 0 bridgehead atoms. The number of halogens is 2. The Morgan fingerprint density at radius 3 is 2.52 bits per heavy atom. The third-order valence-electron chi connectivity index (χ3n) is 4.68. The van der Waals surface area contributed by atoms with Gasteiger partial charge >= 0.3 is 0 Å². The van der Waals surface area contributed by atoms with Crippen molar-refractivity contribution < 1.29 is 23.8 Å². The number of carbonyl (C=O) groups excluding carboxylic acids is 1. The maximum absolute atomic E-state index is 13.5. The highest BCUT2D eigenvalue weighted by Gasteiger charge is 2.11. The molecule has 1 unspecified atom stereocenters. The molecular formula is C24H27ClFN3O4. The standard InChI is InChI=1S/C24H26FN3O4.ClH/c1-16(27-14-19(29)15-31-22-5-3-2-4-21(22)25)12-17-6-9-20(10-7-17)32-23-11-8-18(13-28-23)24(26)30;/h2-11,13,16,19,27,29H,12,14-15H2,1H3,(H2,26,30);1H/t16?,19-;/m0./s1. The molecule has 0 aliphatic heterocycles. The lowest BCUT2D eigenvalue weighted by Crippen LogP contribution is -2.37. The zero-order valence-electron chi connectivity index (χ0n) is 18.1. The number of hydrogen-bond donors (Lipinski definition) is 3. The third kappa shape index (κ3) is 8.34. The highest BCUT2D eigenvalue weighted by atomic mass is 35.5. The van der Waals surface area contributed by atoms with Crippen LogP contribution in [0, 0.1) is 5.82 Å². The van der Waals surface area contributed by atoms with Gasteiger partial charge in [0.05, 0.1) is 5.56 Å². The van der Waals surface area contributed by atoms with Gasteiger partial charge < -0.3 is 25.6 Å². The number of benzene rings is 2. The summed E-state index contributed by atoms with van der Waals surface area (Å²) >= 11 is 0. The van der Waals surface area contributed by atoms with Crippen molar-refractivity contribution in [3.63, 3.8) is 0 Å². The van der Waals surface area contributed by atoms with E-state index < -0.39 is 17.8 Å². The first-order chi connectivity index (χ1) is 15.4. The van der Waals surface area contributed by atoms with Crippen LogP contribution < -0.4 is 20.5 Å². The third-order valence-corrected chi connectivity index (χ3v) is 4.68. The summed E-state index contributed by atoms with van der Waals surface area (Å²) in [6, 6.07) is 16.9. The van der Waals surface area contributed by atoms with Crippen molar-refractivity contribution in [2.45, 2.75) is 25.5 Å². The molecule has 0 fully saturated rings. The maximum Gasteiger partial charge on any atom is 0.250 e. The minimum absolute atomic E-state index is 0. The second-order valence-electron chi connectivity index (χ2n) is 7.40. The van der Waals surface area contributed by atoms with Gasteiger partial charge in [0.25, 0.3) is 0 Å². The normalized spacial score (nSPS) is 12.3. The van der Waals surface area contributed by atoms with Crippen LogP contribution in [0.4, 0.5) is 4.39 Å². The Morgan fingerprint density at radius 2 is 1.88 bits per heavy atom. The van der Waals surface area contributed by atoms with Gasteiger partial charge in [-0.05, 0) is 49.2 Å². The Kier molecular flexibility index (Phi) is 10.1. The van der Waals surface area contributed by atoms with E-state index in [4.69, 9.17) is 15.2 Å². The summed E-state index contributed by atoms with van der Waals surface area (Å²) in [6.07, 6.45) is 1.35. The molecule has 0 saturated carbocycles. The largest absolute Gasteiger partial charge is 0.488 e. The molecule has 9 heteroatoms. The van der Waals surface area contributed by atoms with Gasteiger partial charge in [-0.25, -0.2) is 9.37 Å². The Hall–Kier alpha value is -3.20. The average molecular weight is 476 g/mol. The summed E-state index contributed by atoms with van der Waals surface area (Å²) in [5.41, 5.74) is 6.60. The van der Waals surface area contributed by atoms with Gasteiger partial charge in [-0.2, -0.15) is 0 Å². The Balaban J connectivity index is 0.00000385. The van der Waals surface area contributed by atoms with E-state index in [1.54, 1.807) is 24.3 Å². The number of para-hydroxylation sites is 1. The maximum atomic E-state index is 13.5. The SMILES string of the molecule is CC(Cc1ccc(Oc2ccc(C(N)=O)cn2)cc1)NC[C@H](O)COc1ccccc1F.Cl. The predicted octanol–water partition coefficient (Wildman–Crippen LogP) is 3.49. The van der Waals surface area contributed by atoms with Gasteiger partial charge in [-0.1, -0.05) is 24.3 Å². The van der Waals surface area contributed by atoms with E-state index >= 15 is 0 Å². The number of hydrogen-bond acceptors (Lipinski definition) is 6. The highest BCUT2D eigenvalue weighted by Crippen LogP contribution is 2.20. The smallest absolute Gasteiger partial charge is 0.250 e. The molecule has 7 nitrogen and oxygen atoms in total. The monoisotopic (exact) mass is 475 g/mol. The number of pyridine rings is 1. The number of nitrogens with zero attached hydrogens (tertiary/aromatic N) is 1. The van der Waals surface area contributed by atoms with Crippen molar-refractivity contribution in [1.82, 2.24) is 10.3 Å². The van der Waals surface area contributed by atoms with Crippen LogP contribution in [0.5, 0.6) is 17.4 Å². The Morgan fingerprint density at radius 1 is 1.15 bits per heavy atom. The van der Waals surface area contributed by atoms with Crippen LogP contribution in [-0.4, -0.2) is 41.3 Å². The fourth-order valence-corrected chi connectivity index (χ4v) is 2.97. The fraction of sp³-hybridized carbons (Fsp3) is 0.250. The molecule has 0 spiro atoms. The number of aromatic nitrogens is 1. The molecule has 2 aromatic carbocycles. The molecule has 3 aromatic rings. The number of aliphatic hydroxyl groups is 1. The van der Waals surface area contributed by atoms with Gasteiger partial charge in [0.1, 0.15) is 18.5 Å². The van der Waals surface area contributed by atoms with Crippen LogP contribution >= 0.6 is 12.4 Å². The van der Waals surface area contributed by atoms with E-state index in [0.29, 0.717) is 23.7 Å². The Bertz CT molecular complexity index is 1020. The van der Waals surface area contributed by atoms with Crippen LogP contribution in [0.15, 0.2) is 66.9 Å². The molecular weight excluding hydrogens is 449 g/mol. The van der Waals surface area contributed by atoms with Crippen molar-refractivity contribution in [3.8, 4) is 17.4 Å². The number of primary amides is 1. The second-order valence-corrected chi connectivity index (χ2v) is 7.40. The predicted molar refractivity (Wildman–Crippen MR) is 126 cm³/mol. The van der Waals surface area contributed by atoms with Crippen molar-refractivity contribution in [1.29, 1.82) is 0 Å². The number of nitrogens with one attached hydrogen (secondary N) is 1. The average Bonchev–Trinajstić information content (AvgIpc) is 2.79. The first kappa shape index (κ1) is 26.1. The molecule has 176 valence electrons. The molecule has 1 heterocycles. The lowest BCUT2D eigenvalue weighted by atomic mass is 10.1. The first-order valence-corrected chi connectivity index (χ1v) is 10.2. The summed E-state index contributed by atoms with van der Waals surface area (Å²) in [6.45, 7) is 2.34. The number of rotatable bonds is 11. The van der Waals surface area contributed by atoms with E-state index in [0.717, 1.165) is 12.0 Å². The minimum Gasteiger partial charge on any atom is -0.488 e. The first-order valence-electron chi connectivity index (χ1n) is 10.2. The molecule has 0 saturated heterocycles. The number of nitrogens with two attached hydrogens (primary N) is 1. The molecule has 1 aromatic heterocycles. The summed E-state index contributed by atoms with van der Waals surface area (Å²) in [5, 5.41) is 13.3. The van der Waals surface area contributed by atoms with E-state index in [1.165, 1.54) is 18.3 Å². The molecule has 3 rings (SSSR count). The summed E-state index contributed by atoms with van der Waals surface area (Å²) < 4.78 is 24.5. The molecule has 0 radical (unpaired) electrons. The van der Waals surface area contributed by atoms with Gasteiger partial charge in [0.2, 0.25) is 11.8 Å². The van der Waals surface area contributed by atoms with Crippen molar-refractivity contribution in [2.75, 3.05) is 13.2 Å². The Labute approximate surface area is 198 Å². The van der Waals surface area contributed by atoms with Crippen LogP contribution in [-0.2, 0) is 6.42 Å². The van der Waals surface area contributed by atoms with E-state index in [-0.39, 0.29) is 30.8 Å². The number of ether oxygens (including phenoxy) is 2.